The van der Waals surface area contributed by atoms with Gasteiger partial charge in [-0.3, -0.25) is 9.69 Å². The molecule has 0 saturated heterocycles. The van der Waals surface area contributed by atoms with Crippen molar-refractivity contribution in [1.29, 1.82) is 0 Å². The molecule has 0 fully saturated rings. The highest BCUT2D eigenvalue weighted by atomic mass is 79.9. The molecule has 4 nitrogen and oxygen atoms in total. The van der Waals surface area contributed by atoms with Gasteiger partial charge < -0.3 is 9.47 Å². The summed E-state index contributed by atoms with van der Waals surface area (Å²) in [4.78, 5) is 15.2. The molecule has 0 unspecified atom stereocenters. The van der Waals surface area contributed by atoms with Gasteiger partial charge in [-0.25, -0.2) is 0 Å². The monoisotopic (exact) mass is 509 g/mol. The molecule has 32 heavy (non-hydrogen) atoms. The number of anilines is 1. The first kappa shape index (κ1) is 22.2. The van der Waals surface area contributed by atoms with Crippen molar-refractivity contribution in [2.24, 2.45) is 0 Å². The molecule has 1 amide bonds. The summed E-state index contributed by atoms with van der Waals surface area (Å²) < 4.78 is 11.7. The molecule has 0 spiro atoms. The second-order valence-electron chi connectivity index (χ2n) is 7.08. The van der Waals surface area contributed by atoms with Gasteiger partial charge in [-0.05, 0) is 76.5 Å². The number of hydrogen-bond acceptors (Lipinski definition) is 3. The minimum atomic E-state index is -0.130. The maximum absolute atomic E-state index is 13.5. The highest BCUT2D eigenvalue weighted by Crippen LogP contribution is 2.38. The number of hydrogen-bond donors (Lipinski definition) is 0. The Hall–Kier alpha value is -3.02. The van der Waals surface area contributed by atoms with Gasteiger partial charge in [-0.15, -0.1) is 0 Å². The first-order valence-electron chi connectivity index (χ1n) is 10.1. The van der Waals surface area contributed by atoms with Gasteiger partial charge in [0.1, 0.15) is 11.5 Å². The first-order valence-corrected chi connectivity index (χ1v) is 11.3. The largest absolute Gasteiger partial charge is 0.495 e. The van der Waals surface area contributed by atoms with E-state index in [1.165, 1.54) is 0 Å². The van der Waals surface area contributed by atoms with E-state index in [0.29, 0.717) is 28.6 Å². The lowest BCUT2D eigenvalue weighted by Crippen LogP contribution is -2.24. The topological polar surface area (TPSA) is 38.8 Å². The molecule has 1 aliphatic rings. The number of ether oxygens (including phenoxy) is 2. The summed E-state index contributed by atoms with van der Waals surface area (Å²) in [5.74, 6) is 1.19. The molecule has 1 aliphatic heterocycles. The van der Waals surface area contributed by atoms with Crippen molar-refractivity contribution in [1.82, 2.24) is 0 Å². The normalized spacial score (nSPS) is 14.6. The average molecular weight is 511 g/mol. The van der Waals surface area contributed by atoms with Crippen LogP contribution in [0.25, 0.3) is 11.8 Å². The highest BCUT2D eigenvalue weighted by Gasteiger charge is 2.30. The van der Waals surface area contributed by atoms with E-state index in [2.05, 4.69) is 15.9 Å². The summed E-state index contributed by atoms with van der Waals surface area (Å²) >= 11 is 9.90. The molecular formula is C26H21BrClNO3. The molecule has 162 valence electrons. The van der Waals surface area contributed by atoms with Crippen molar-refractivity contribution < 1.29 is 14.3 Å². The van der Waals surface area contributed by atoms with Gasteiger partial charge >= 0.3 is 0 Å². The fourth-order valence-electron chi connectivity index (χ4n) is 3.55. The Balaban J connectivity index is 1.78. The minimum absolute atomic E-state index is 0.130. The second kappa shape index (κ2) is 9.63. The lowest BCUT2D eigenvalue weighted by Gasteiger charge is -2.21. The third-order valence-corrected chi connectivity index (χ3v) is 5.94. The molecule has 3 aromatic rings. The molecule has 0 N–H and O–H groups in total. The molecule has 4 rings (SSSR count). The zero-order valence-electron chi connectivity index (χ0n) is 17.6. The van der Waals surface area contributed by atoms with Gasteiger partial charge in [0.15, 0.2) is 0 Å². The predicted molar refractivity (Wildman–Crippen MR) is 133 cm³/mol. The minimum Gasteiger partial charge on any atom is -0.495 e. The summed E-state index contributed by atoms with van der Waals surface area (Å²) in [6.45, 7) is 2.52. The van der Waals surface area contributed by atoms with Crippen molar-refractivity contribution in [2.75, 3.05) is 18.6 Å². The van der Waals surface area contributed by atoms with Crippen LogP contribution in [0, 0.1) is 0 Å². The van der Waals surface area contributed by atoms with Gasteiger partial charge in [0, 0.05) is 5.57 Å². The summed E-state index contributed by atoms with van der Waals surface area (Å²) in [7, 11) is 1.56. The Morgan fingerprint density at radius 3 is 2.44 bits per heavy atom. The van der Waals surface area contributed by atoms with Crippen LogP contribution in [-0.4, -0.2) is 19.6 Å². The van der Waals surface area contributed by atoms with Gasteiger partial charge in [-0.2, -0.15) is 0 Å². The van der Waals surface area contributed by atoms with E-state index < -0.39 is 0 Å². The summed E-state index contributed by atoms with van der Waals surface area (Å²) in [6, 6.07) is 20.9. The zero-order chi connectivity index (χ0) is 22.7. The van der Waals surface area contributed by atoms with Crippen LogP contribution in [0.3, 0.4) is 0 Å². The van der Waals surface area contributed by atoms with Crippen molar-refractivity contribution in [2.45, 2.75) is 6.92 Å². The Morgan fingerprint density at radius 1 is 1.03 bits per heavy atom. The van der Waals surface area contributed by atoms with Crippen LogP contribution in [0.4, 0.5) is 5.69 Å². The molecule has 3 aromatic carbocycles. The lowest BCUT2D eigenvalue weighted by molar-refractivity contribution is -0.113. The smallest absolute Gasteiger partial charge is 0.262 e. The van der Waals surface area contributed by atoms with E-state index in [9.17, 15) is 4.79 Å². The maximum atomic E-state index is 13.5. The SMILES string of the molecule is CCOc1ccc(/C=C2\C=C(c3ccccc3)N(c3ccc(OC)c(Cl)c3)C2=O)cc1Br. The number of carbonyl (C=O) groups excluding carboxylic acids is 1. The number of amides is 1. The molecule has 0 atom stereocenters. The molecule has 0 radical (unpaired) electrons. The van der Waals surface area contributed by atoms with Gasteiger partial charge in [0.05, 0.1) is 34.6 Å². The second-order valence-corrected chi connectivity index (χ2v) is 8.34. The summed E-state index contributed by atoms with van der Waals surface area (Å²) in [5.41, 5.74) is 3.86. The quantitative estimate of drug-likeness (QED) is 0.336. The maximum Gasteiger partial charge on any atom is 0.262 e. The molecular weight excluding hydrogens is 490 g/mol. The van der Waals surface area contributed by atoms with Crippen molar-refractivity contribution >= 4 is 50.9 Å². The van der Waals surface area contributed by atoms with Crippen LogP contribution in [-0.2, 0) is 4.79 Å². The molecule has 0 saturated carbocycles. The van der Waals surface area contributed by atoms with Crippen LogP contribution in [0.5, 0.6) is 11.5 Å². The number of methoxy groups -OCH3 is 1. The summed E-state index contributed by atoms with van der Waals surface area (Å²) in [6.07, 6.45) is 3.77. The molecule has 0 aromatic heterocycles. The van der Waals surface area contributed by atoms with Crippen LogP contribution in [0.2, 0.25) is 5.02 Å². The number of carbonyl (C=O) groups is 1. The van der Waals surface area contributed by atoms with E-state index in [1.807, 2.05) is 73.7 Å². The van der Waals surface area contributed by atoms with E-state index in [1.54, 1.807) is 24.1 Å². The summed E-state index contributed by atoms with van der Waals surface area (Å²) in [5, 5.41) is 0.443. The van der Waals surface area contributed by atoms with Gasteiger partial charge in [0.25, 0.3) is 5.91 Å². The molecule has 6 heteroatoms. The van der Waals surface area contributed by atoms with Crippen molar-refractivity contribution in [3.05, 3.63) is 99.0 Å². The molecule has 1 heterocycles. The third-order valence-electron chi connectivity index (χ3n) is 5.02. The van der Waals surface area contributed by atoms with Crippen LogP contribution in [0.15, 0.2) is 82.9 Å². The average Bonchev–Trinajstić information content (AvgIpc) is 3.12. The van der Waals surface area contributed by atoms with E-state index in [-0.39, 0.29) is 5.91 Å². The fraction of sp³-hybridized carbons (Fsp3) is 0.115. The van der Waals surface area contributed by atoms with Crippen molar-refractivity contribution in [3.63, 3.8) is 0 Å². The van der Waals surface area contributed by atoms with Gasteiger partial charge in [-0.1, -0.05) is 48.0 Å². The Kier molecular flexibility index (Phi) is 6.68. The highest BCUT2D eigenvalue weighted by molar-refractivity contribution is 9.10. The number of rotatable bonds is 6. The lowest BCUT2D eigenvalue weighted by atomic mass is 10.1. The molecule has 0 aliphatic carbocycles. The Morgan fingerprint density at radius 2 is 1.78 bits per heavy atom. The van der Waals surface area contributed by atoms with E-state index in [4.69, 9.17) is 21.1 Å². The van der Waals surface area contributed by atoms with Crippen LogP contribution < -0.4 is 14.4 Å². The Bertz CT molecular complexity index is 1220. The number of halogens is 2. The van der Waals surface area contributed by atoms with Crippen LogP contribution in [0.1, 0.15) is 18.1 Å². The number of benzene rings is 3. The first-order chi connectivity index (χ1) is 15.5. The van der Waals surface area contributed by atoms with Crippen LogP contribution >= 0.6 is 27.5 Å². The predicted octanol–water partition coefficient (Wildman–Crippen LogP) is 6.98. The van der Waals surface area contributed by atoms with E-state index in [0.717, 1.165) is 27.0 Å². The van der Waals surface area contributed by atoms with E-state index >= 15 is 0 Å². The standard InChI is InChI=1S/C26H21BrClNO3/c1-3-32-24-11-9-17(14-21(24)27)13-19-15-23(18-7-5-4-6-8-18)29(26(19)30)20-10-12-25(31-2)22(28)16-20/h4-16H,3H2,1-2H3/b19-13+. The zero-order valence-corrected chi connectivity index (χ0v) is 20.0. The van der Waals surface area contributed by atoms with Crippen molar-refractivity contribution in [3.8, 4) is 11.5 Å². The number of nitrogens with zero attached hydrogens (tertiary/aromatic N) is 1. The molecule has 0 bridgehead atoms. The third kappa shape index (κ3) is 4.45. The fourth-order valence-corrected chi connectivity index (χ4v) is 4.31. The Labute approximate surface area is 200 Å². The van der Waals surface area contributed by atoms with Gasteiger partial charge in [0.2, 0.25) is 0 Å².